The molecule has 1 atom stereocenters. The van der Waals surface area contributed by atoms with E-state index >= 15 is 0 Å². The number of fused-ring (bicyclic) bond motifs is 1. The SMILES string of the molecule is CN(Cc1ccc([C@@H]2CCCCO2)o1)Cc1cccc2cnccc12. The van der Waals surface area contributed by atoms with Crippen molar-refractivity contribution in [1.29, 1.82) is 0 Å². The monoisotopic (exact) mass is 336 g/mol. The summed E-state index contributed by atoms with van der Waals surface area (Å²) < 4.78 is 11.9. The predicted molar refractivity (Wildman–Crippen MR) is 98.2 cm³/mol. The fraction of sp³-hybridized carbons (Fsp3) is 0.381. The molecular weight excluding hydrogens is 312 g/mol. The fourth-order valence-corrected chi connectivity index (χ4v) is 3.56. The molecule has 1 saturated heterocycles. The molecule has 2 aromatic heterocycles. The van der Waals surface area contributed by atoms with Crippen LogP contribution in [0.5, 0.6) is 0 Å². The van der Waals surface area contributed by atoms with E-state index in [4.69, 9.17) is 9.15 Å². The standard InChI is InChI=1S/C21H24N2O2/c1-23(14-17-6-4-5-16-13-22-11-10-19(16)17)15-18-8-9-21(25-18)20-7-2-3-12-24-20/h4-6,8-11,13,20H,2-3,7,12,14-15H2,1H3/t20-/m0/s1. The molecule has 1 aliphatic rings. The van der Waals surface area contributed by atoms with Gasteiger partial charge in [0.2, 0.25) is 0 Å². The minimum absolute atomic E-state index is 0.137. The summed E-state index contributed by atoms with van der Waals surface area (Å²) >= 11 is 0. The second-order valence-corrected chi connectivity index (χ2v) is 6.85. The Morgan fingerprint density at radius 3 is 2.96 bits per heavy atom. The molecule has 130 valence electrons. The third-order valence-corrected chi connectivity index (χ3v) is 4.82. The molecule has 0 bridgehead atoms. The Kier molecular flexibility index (Phi) is 4.81. The lowest BCUT2D eigenvalue weighted by Crippen LogP contribution is -2.17. The second kappa shape index (κ2) is 7.38. The van der Waals surface area contributed by atoms with Crippen LogP contribution in [0.3, 0.4) is 0 Å². The first kappa shape index (κ1) is 16.3. The smallest absolute Gasteiger partial charge is 0.133 e. The van der Waals surface area contributed by atoms with Crippen LogP contribution in [0.4, 0.5) is 0 Å². The van der Waals surface area contributed by atoms with Gasteiger partial charge in [-0.3, -0.25) is 9.88 Å². The molecular formula is C21H24N2O2. The Labute approximate surface area is 148 Å². The average molecular weight is 336 g/mol. The van der Waals surface area contributed by atoms with E-state index in [1.165, 1.54) is 22.8 Å². The summed E-state index contributed by atoms with van der Waals surface area (Å²) in [5, 5.41) is 2.45. The van der Waals surface area contributed by atoms with E-state index in [1.54, 1.807) is 0 Å². The molecule has 0 N–H and O–H groups in total. The largest absolute Gasteiger partial charge is 0.462 e. The summed E-state index contributed by atoms with van der Waals surface area (Å²) in [5.41, 5.74) is 1.31. The molecule has 1 aromatic carbocycles. The summed E-state index contributed by atoms with van der Waals surface area (Å²) in [5.74, 6) is 1.97. The van der Waals surface area contributed by atoms with Crippen LogP contribution in [0, 0.1) is 0 Å². The minimum Gasteiger partial charge on any atom is -0.462 e. The van der Waals surface area contributed by atoms with E-state index in [0.29, 0.717) is 0 Å². The van der Waals surface area contributed by atoms with Crippen LogP contribution in [0.2, 0.25) is 0 Å². The van der Waals surface area contributed by atoms with E-state index in [-0.39, 0.29) is 6.10 Å². The topological polar surface area (TPSA) is 38.5 Å². The maximum Gasteiger partial charge on any atom is 0.133 e. The number of ether oxygens (including phenoxy) is 1. The van der Waals surface area contributed by atoms with Gasteiger partial charge in [-0.05, 0) is 55.5 Å². The molecule has 1 aliphatic heterocycles. The Hall–Kier alpha value is -2.17. The normalized spacial score (nSPS) is 18.1. The number of benzene rings is 1. The van der Waals surface area contributed by atoms with Gasteiger partial charge in [0, 0.05) is 30.9 Å². The van der Waals surface area contributed by atoms with Gasteiger partial charge in [-0.1, -0.05) is 18.2 Å². The number of rotatable bonds is 5. The zero-order valence-electron chi connectivity index (χ0n) is 14.6. The first-order valence-corrected chi connectivity index (χ1v) is 9.00. The van der Waals surface area contributed by atoms with Gasteiger partial charge < -0.3 is 9.15 Å². The lowest BCUT2D eigenvalue weighted by Gasteiger charge is -2.20. The van der Waals surface area contributed by atoms with E-state index in [9.17, 15) is 0 Å². The molecule has 3 aromatic rings. The number of pyridine rings is 1. The van der Waals surface area contributed by atoms with E-state index < -0.39 is 0 Å². The lowest BCUT2D eigenvalue weighted by atomic mass is 10.1. The molecule has 0 saturated carbocycles. The molecule has 0 aliphatic carbocycles. The van der Waals surface area contributed by atoms with Crippen LogP contribution < -0.4 is 0 Å². The molecule has 0 radical (unpaired) electrons. The summed E-state index contributed by atoms with van der Waals surface area (Å²) in [4.78, 5) is 6.48. The summed E-state index contributed by atoms with van der Waals surface area (Å²) in [6.45, 7) is 2.50. The second-order valence-electron chi connectivity index (χ2n) is 6.85. The molecule has 3 heterocycles. The highest BCUT2D eigenvalue weighted by Gasteiger charge is 2.19. The zero-order chi connectivity index (χ0) is 17.1. The number of hydrogen-bond donors (Lipinski definition) is 0. The number of nitrogens with zero attached hydrogens (tertiary/aromatic N) is 2. The Balaban J connectivity index is 1.43. The number of aromatic nitrogens is 1. The van der Waals surface area contributed by atoms with Crippen molar-refractivity contribution in [3.63, 3.8) is 0 Å². The Bertz CT molecular complexity index is 831. The third-order valence-electron chi connectivity index (χ3n) is 4.82. The summed E-state index contributed by atoms with van der Waals surface area (Å²) in [6.07, 6.45) is 7.35. The van der Waals surface area contributed by atoms with E-state index in [1.807, 2.05) is 12.4 Å². The highest BCUT2D eigenvalue weighted by atomic mass is 16.5. The molecule has 0 unspecified atom stereocenters. The lowest BCUT2D eigenvalue weighted by molar-refractivity contribution is 0.000908. The summed E-state index contributed by atoms with van der Waals surface area (Å²) in [7, 11) is 2.12. The van der Waals surface area contributed by atoms with Crippen molar-refractivity contribution >= 4 is 10.8 Å². The Morgan fingerprint density at radius 2 is 2.08 bits per heavy atom. The average Bonchev–Trinajstić information content (AvgIpc) is 3.11. The van der Waals surface area contributed by atoms with E-state index in [0.717, 1.165) is 44.1 Å². The zero-order valence-corrected chi connectivity index (χ0v) is 14.6. The highest BCUT2D eigenvalue weighted by Crippen LogP contribution is 2.29. The van der Waals surface area contributed by atoms with Crippen molar-refractivity contribution in [3.8, 4) is 0 Å². The maximum atomic E-state index is 6.04. The van der Waals surface area contributed by atoms with Crippen LogP contribution in [0.25, 0.3) is 10.8 Å². The maximum absolute atomic E-state index is 6.04. The first-order chi connectivity index (χ1) is 12.3. The highest BCUT2D eigenvalue weighted by molar-refractivity contribution is 5.84. The van der Waals surface area contributed by atoms with Crippen LogP contribution in [-0.4, -0.2) is 23.5 Å². The van der Waals surface area contributed by atoms with Crippen LogP contribution in [0.15, 0.2) is 53.2 Å². The Morgan fingerprint density at radius 1 is 1.12 bits per heavy atom. The van der Waals surface area contributed by atoms with Crippen molar-refractivity contribution in [1.82, 2.24) is 9.88 Å². The molecule has 4 rings (SSSR count). The van der Waals surface area contributed by atoms with Crippen molar-refractivity contribution in [2.24, 2.45) is 0 Å². The molecule has 1 fully saturated rings. The van der Waals surface area contributed by atoms with Gasteiger partial charge in [-0.25, -0.2) is 0 Å². The predicted octanol–water partition coefficient (Wildman–Crippen LogP) is 4.70. The van der Waals surface area contributed by atoms with Crippen molar-refractivity contribution in [2.75, 3.05) is 13.7 Å². The van der Waals surface area contributed by atoms with Crippen LogP contribution in [0.1, 0.15) is 42.5 Å². The molecule has 0 spiro atoms. The summed E-state index contributed by atoms with van der Waals surface area (Å²) in [6, 6.07) is 12.6. The quantitative estimate of drug-likeness (QED) is 0.677. The van der Waals surface area contributed by atoms with Gasteiger partial charge in [-0.15, -0.1) is 0 Å². The van der Waals surface area contributed by atoms with Crippen LogP contribution >= 0.6 is 0 Å². The van der Waals surface area contributed by atoms with Crippen LogP contribution in [-0.2, 0) is 17.8 Å². The number of furan rings is 1. The van der Waals surface area contributed by atoms with Gasteiger partial charge in [0.15, 0.2) is 0 Å². The van der Waals surface area contributed by atoms with Crippen molar-refractivity contribution in [3.05, 3.63) is 65.9 Å². The minimum atomic E-state index is 0.137. The van der Waals surface area contributed by atoms with Crippen molar-refractivity contribution in [2.45, 2.75) is 38.5 Å². The molecule has 4 heteroatoms. The molecule has 4 nitrogen and oxygen atoms in total. The van der Waals surface area contributed by atoms with Gasteiger partial charge >= 0.3 is 0 Å². The van der Waals surface area contributed by atoms with Gasteiger partial charge in [0.1, 0.15) is 17.6 Å². The van der Waals surface area contributed by atoms with Gasteiger partial charge in [0.05, 0.1) is 6.54 Å². The first-order valence-electron chi connectivity index (χ1n) is 9.00. The third kappa shape index (κ3) is 3.75. The molecule has 25 heavy (non-hydrogen) atoms. The van der Waals surface area contributed by atoms with Crippen molar-refractivity contribution < 1.29 is 9.15 Å². The van der Waals surface area contributed by atoms with Gasteiger partial charge in [0.25, 0.3) is 0 Å². The van der Waals surface area contributed by atoms with E-state index in [2.05, 4.69) is 53.3 Å². The fourth-order valence-electron chi connectivity index (χ4n) is 3.56. The molecule has 0 amide bonds. The number of hydrogen-bond acceptors (Lipinski definition) is 4. The van der Waals surface area contributed by atoms with Gasteiger partial charge in [-0.2, -0.15) is 0 Å².